The van der Waals surface area contributed by atoms with E-state index in [1.54, 1.807) is 0 Å². The first-order chi connectivity index (χ1) is 26.7. The monoisotopic (exact) mass is 702 g/mol. The molecule has 0 radical (unpaired) electrons. The predicted octanol–water partition coefficient (Wildman–Crippen LogP) is 15.6. The number of benzene rings is 10. The van der Waals surface area contributed by atoms with Crippen LogP contribution >= 0.6 is 11.3 Å². The van der Waals surface area contributed by atoms with E-state index in [4.69, 9.17) is 4.42 Å². The zero-order valence-electron chi connectivity index (χ0n) is 29.1. The van der Waals surface area contributed by atoms with Gasteiger partial charge in [0.2, 0.25) is 0 Å². The first kappa shape index (κ1) is 29.8. The quantitative estimate of drug-likeness (QED) is 0.167. The van der Waals surface area contributed by atoms with Crippen LogP contribution in [0.5, 0.6) is 0 Å². The van der Waals surface area contributed by atoms with E-state index >= 15 is 0 Å². The van der Waals surface area contributed by atoms with Gasteiger partial charge in [0.15, 0.2) is 0 Å². The van der Waals surface area contributed by atoms with Crippen molar-refractivity contribution in [2.75, 3.05) is 0 Å². The molecule has 1 nitrogen and oxygen atoms in total. The van der Waals surface area contributed by atoms with E-state index in [0.717, 1.165) is 21.9 Å². The van der Waals surface area contributed by atoms with Crippen molar-refractivity contribution in [1.82, 2.24) is 0 Å². The number of hydrogen-bond donors (Lipinski definition) is 0. The van der Waals surface area contributed by atoms with Gasteiger partial charge in [-0.15, -0.1) is 11.3 Å². The van der Waals surface area contributed by atoms with E-state index in [1.807, 2.05) is 23.5 Å². The van der Waals surface area contributed by atoms with Crippen LogP contribution in [0.1, 0.15) is 0 Å². The Kier molecular flexibility index (Phi) is 6.28. The van der Waals surface area contributed by atoms with Gasteiger partial charge in [-0.3, -0.25) is 0 Å². The maximum absolute atomic E-state index is 6.20. The smallest absolute Gasteiger partial charge is 0.135 e. The minimum absolute atomic E-state index is 0.916. The van der Waals surface area contributed by atoms with E-state index in [2.05, 4.69) is 170 Å². The number of hydrogen-bond acceptors (Lipinski definition) is 2. The van der Waals surface area contributed by atoms with Gasteiger partial charge < -0.3 is 4.42 Å². The lowest BCUT2D eigenvalue weighted by atomic mass is 9.85. The van der Waals surface area contributed by atoms with Crippen LogP contribution in [0.15, 0.2) is 186 Å². The van der Waals surface area contributed by atoms with E-state index in [0.29, 0.717) is 0 Å². The number of para-hydroxylation sites is 1. The molecular formula is C52H30OS. The van der Waals surface area contributed by atoms with Crippen molar-refractivity contribution in [1.29, 1.82) is 0 Å². The van der Waals surface area contributed by atoms with E-state index in [1.165, 1.54) is 96.6 Å². The lowest BCUT2D eigenvalue weighted by Gasteiger charge is -2.18. The summed E-state index contributed by atoms with van der Waals surface area (Å²) in [5, 5.41) is 15.2. The SMILES string of the molecule is c1ccc2c(c1)ccc1sc3cc4cc(-c5ccc(-c6c7ccccc7c(-c7ccc8oc9ccccc9c8c7)c7ccccc67)cc5)ccc4cc3c12. The fourth-order valence-corrected chi connectivity index (χ4v) is 10.1. The Labute approximate surface area is 314 Å². The van der Waals surface area contributed by atoms with E-state index in [9.17, 15) is 0 Å². The van der Waals surface area contributed by atoms with E-state index in [-0.39, 0.29) is 0 Å². The Hall–Kier alpha value is -6.74. The molecule has 0 aliphatic heterocycles. The second-order valence-electron chi connectivity index (χ2n) is 14.4. The van der Waals surface area contributed by atoms with E-state index < -0.39 is 0 Å². The molecule has 0 aliphatic rings. The standard InChI is InChI=1S/C52H30OS/c1-2-10-38-32(9-1)24-26-48-52(38)45-28-35-22-21-34(27-37(35)30-49(45)54-48)31-17-19-33(20-18-31)50-40-12-3-5-14-42(40)51(43-15-6-4-13-41(43)50)36-23-25-47-44(29-36)39-11-7-8-16-46(39)53-47/h1-30H. The van der Waals surface area contributed by atoms with Gasteiger partial charge in [-0.2, -0.15) is 0 Å². The fraction of sp³-hybridized carbons (Fsp3) is 0. The van der Waals surface area contributed by atoms with Gasteiger partial charge in [-0.25, -0.2) is 0 Å². The van der Waals surface area contributed by atoms with Crippen molar-refractivity contribution in [3.63, 3.8) is 0 Å². The molecule has 0 N–H and O–H groups in total. The first-order valence-corrected chi connectivity index (χ1v) is 19.3. The van der Waals surface area contributed by atoms with Crippen molar-refractivity contribution < 1.29 is 4.42 Å². The molecule has 12 aromatic rings. The molecule has 2 aromatic heterocycles. The summed E-state index contributed by atoms with van der Waals surface area (Å²) in [5.74, 6) is 0. The molecule has 2 heteroatoms. The van der Waals surface area contributed by atoms with Crippen molar-refractivity contribution in [2.24, 2.45) is 0 Å². The highest BCUT2D eigenvalue weighted by molar-refractivity contribution is 7.26. The average Bonchev–Trinajstić information content (AvgIpc) is 3.79. The average molecular weight is 703 g/mol. The zero-order valence-corrected chi connectivity index (χ0v) is 30.0. The highest BCUT2D eigenvalue weighted by Crippen LogP contribution is 2.46. The van der Waals surface area contributed by atoms with Gasteiger partial charge in [0.05, 0.1) is 0 Å². The molecule has 54 heavy (non-hydrogen) atoms. The topological polar surface area (TPSA) is 13.1 Å². The first-order valence-electron chi connectivity index (χ1n) is 18.5. The van der Waals surface area contributed by atoms with Gasteiger partial charge in [-0.1, -0.05) is 140 Å². The zero-order chi connectivity index (χ0) is 35.3. The van der Waals surface area contributed by atoms with Crippen LogP contribution in [0, 0.1) is 0 Å². The second kappa shape index (κ2) is 11.4. The Morgan fingerprint density at radius 3 is 1.63 bits per heavy atom. The molecule has 0 amide bonds. The summed E-state index contributed by atoms with van der Waals surface area (Å²) in [6, 6.07) is 66.8. The summed E-state index contributed by atoms with van der Waals surface area (Å²) in [4.78, 5) is 0. The largest absolute Gasteiger partial charge is 0.456 e. The van der Waals surface area contributed by atoms with Crippen molar-refractivity contribution in [3.05, 3.63) is 182 Å². The van der Waals surface area contributed by atoms with Crippen molar-refractivity contribution >= 4 is 96.5 Å². The van der Waals surface area contributed by atoms with Crippen LogP contribution in [-0.4, -0.2) is 0 Å². The lowest BCUT2D eigenvalue weighted by Crippen LogP contribution is -1.91. The summed E-state index contributed by atoms with van der Waals surface area (Å²) in [6.45, 7) is 0. The normalized spacial score (nSPS) is 12.1. The molecule has 0 bridgehead atoms. The summed E-state index contributed by atoms with van der Waals surface area (Å²) >= 11 is 1.89. The molecule has 10 aromatic carbocycles. The lowest BCUT2D eigenvalue weighted by molar-refractivity contribution is 0.669. The van der Waals surface area contributed by atoms with Crippen molar-refractivity contribution in [2.45, 2.75) is 0 Å². The molecule has 0 saturated carbocycles. The van der Waals surface area contributed by atoms with Crippen LogP contribution in [0.4, 0.5) is 0 Å². The maximum atomic E-state index is 6.20. The predicted molar refractivity (Wildman–Crippen MR) is 233 cm³/mol. The van der Waals surface area contributed by atoms with Gasteiger partial charge in [0.25, 0.3) is 0 Å². The van der Waals surface area contributed by atoms with Gasteiger partial charge >= 0.3 is 0 Å². The molecule has 0 fully saturated rings. The number of furan rings is 1. The molecule has 0 spiro atoms. The Morgan fingerprint density at radius 2 is 0.870 bits per heavy atom. The number of fused-ring (bicyclic) bond motifs is 11. The Morgan fingerprint density at radius 1 is 0.296 bits per heavy atom. The van der Waals surface area contributed by atoms with Gasteiger partial charge in [0.1, 0.15) is 11.2 Å². The molecule has 0 aliphatic carbocycles. The molecule has 0 atom stereocenters. The summed E-state index contributed by atoms with van der Waals surface area (Å²) in [5.41, 5.74) is 9.22. The molecule has 2 heterocycles. The Balaban J connectivity index is 0.983. The van der Waals surface area contributed by atoms with Crippen LogP contribution in [-0.2, 0) is 0 Å². The van der Waals surface area contributed by atoms with Gasteiger partial charge in [0, 0.05) is 30.9 Å². The van der Waals surface area contributed by atoms with Crippen LogP contribution in [0.2, 0.25) is 0 Å². The van der Waals surface area contributed by atoms with Crippen LogP contribution in [0.25, 0.3) is 119 Å². The fourth-order valence-electron chi connectivity index (χ4n) is 8.93. The third-order valence-electron chi connectivity index (χ3n) is 11.4. The maximum Gasteiger partial charge on any atom is 0.135 e. The third-order valence-corrected chi connectivity index (χ3v) is 12.5. The molecule has 0 unspecified atom stereocenters. The minimum atomic E-state index is 0.916. The number of thiophene rings is 1. The highest BCUT2D eigenvalue weighted by atomic mass is 32.1. The Bertz CT molecular complexity index is 3430. The second-order valence-corrected chi connectivity index (χ2v) is 15.5. The molecular weight excluding hydrogens is 673 g/mol. The number of rotatable bonds is 3. The summed E-state index contributed by atoms with van der Waals surface area (Å²) < 4.78 is 8.88. The molecule has 250 valence electrons. The molecule has 12 rings (SSSR count). The van der Waals surface area contributed by atoms with Gasteiger partial charge in [-0.05, 0) is 119 Å². The summed E-state index contributed by atoms with van der Waals surface area (Å²) in [7, 11) is 0. The van der Waals surface area contributed by atoms with Crippen molar-refractivity contribution in [3.8, 4) is 33.4 Å². The minimum Gasteiger partial charge on any atom is -0.456 e. The highest BCUT2D eigenvalue weighted by Gasteiger charge is 2.18. The molecule has 0 saturated heterocycles. The third kappa shape index (κ3) is 4.38. The van der Waals surface area contributed by atoms with Crippen LogP contribution < -0.4 is 0 Å². The summed E-state index contributed by atoms with van der Waals surface area (Å²) in [6.07, 6.45) is 0. The van der Waals surface area contributed by atoms with Crippen LogP contribution in [0.3, 0.4) is 0 Å².